The van der Waals surface area contributed by atoms with Crippen molar-refractivity contribution < 1.29 is 4.79 Å². The molecule has 0 aliphatic carbocycles. The molecule has 0 aliphatic heterocycles. The molecule has 0 aliphatic rings. The third-order valence-electron chi connectivity index (χ3n) is 3.08. The minimum atomic E-state index is -0.151. The SMILES string of the molecule is Cc1[nH]ncc1C(=O)Nc1ccc2ccccc2c1. The van der Waals surface area contributed by atoms with E-state index in [1.165, 1.54) is 6.20 Å². The summed E-state index contributed by atoms with van der Waals surface area (Å²) in [4.78, 5) is 12.1. The molecule has 1 amide bonds. The second-order valence-electron chi connectivity index (χ2n) is 4.42. The van der Waals surface area contributed by atoms with Crippen molar-refractivity contribution in [3.8, 4) is 0 Å². The number of rotatable bonds is 2. The number of nitrogens with zero attached hydrogens (tertiary/aromatic N) is 1. The molecule has 0 unspecified atom stereocenters. The van der Waals surface area contributed by atoms with E-state index < -0.39 is 0 Å². The van der Waals surface area contributed by atoms with Gasteiger partial charge in [-0.25, -0.2) is 0 Å². The van der Waals surface area contributed by atoms with Crippen molar-refractivity contribution in [1.29, 1.82) is 0 Å². The number of benzene rings is 2. The second kappa shape index (κ2) is 4.57. The van der Waals surface area contributed by atoms with E-state index in [4.69, 9.17) is 0 Å². The lowest BCUT2D eigenvalue weighted by Gasteiger charge is -2.06. The third-order valence-corrected chi connectivity index (χ3v) is 3.08. The zero-order valence-corrected chi connectivity index (χ0v) is 10.5. The largest absolute Gasteiger partial charge is 0.322 e. The van der Waals surface area contributed by atoms with E-state index in [0.717, 1.165) is 22.2 Å². The van der Waals surface area contributed by atoms with Gasteiger partial charge >= 0.3 is 0 Å². The maximum absolute atomic E-state index is 12.1. The summed E-state index contributed by atoms with van der Waals surface area (Å²) < 4.78 is 0. The van der Waals surface area contributed by atoms with Crippen molar-refractivity contribution in [2.75, 3.05) is 5.32 Å². The number of aromatic nitrogens is 2. The molecule has 3 aromatic rings. The van der Waals surface area contributed by atoms with Gasteiger partial charge in [0.05, 0.1) is 11.8 Å². The van der Waals surface area contributed by atoms with Gasteiger partial charge in [-0.05, 0) is 29.8 Å². The van der Waals surface area contributed by atoms with Crippen molar-refractivity contribution in [2.24, 2.45) is 0 Å². The molecular formula is C15H13N3O. The van der Waals surface area contributed by atoms with Crippen LogP contribution in [0.4, 0.5) is 5.69 Å². The molecule has 2 aromatic carbocycles. The van der Waals surface area contributed by atoms with E-state index in [9.17, 15) is 4.79 Å². The van der Waals surface area contributed by atoms with Gasteiger partial charge in [-0.1, -0.05) is 30.3 Å². The predicted molar refractivity (Wildman–Crippen MR) is 75.2 cm³/mol. The first-order valence-electron chi connectivity index (χ1n) is 6.04. The Labute approximate surface area is 110 Å². The number of carbonyl (C=O) groups is 1. The first kappa shape index (κ1) is 11.5. The fourth-order valence-electron chi connectivity index (χ4n) is 2.05. The number of hydrogen-bond donors (Lipinski definition) is 2. The predicted octanol–water partition coefficient (Wildman–Crippen LogP) is 3.12. The summed E-state index contributed by atoms with van der Waals surface area (Å²) in [6, 6.07) is 13.9. The van der Waals surface area contributed by atoms with E-state index in [-0.39, 0.29) is 5.91 Å². The highest BCUT2D eigenvalue weighted by Gasteiger charge is 2.10. The van der Waals surface area contributed by atoms with Crippen molar-refractivity contribution >= 4 is 22.4 Å². The monoisotopic (exact) mass is 251 g/mol. The maximum Gasteiger partial charge on any atom is 0.259 e. The molecule has 2 N–H and O–H groups in total. The standard InChI is InChI=1S/C15H13N3O/c1-10-14(9-16-18-10)15(19)17-13-7-6-11-4-2-3-5-12(11)8-13/h2-9H,1H3,(H,16,18)(H,17,19). The molecular weight excluding hydrogens is 238 g/mol. The number of nitrogens with one attached hydrogen (secondary N) is 2. The number of fused-ring (bicyclic) bond motifs is 1. The van der Waals surface area contributed by atoms with Gasteiger partial charge in [-0.3, -0.25) is 9.89 Å². The summed E-state index contributed by atoms with van der Waals surface area (Å²) in [6.07, 6.45) is 1.53. The lowest BCUT2D eigenvalue weighted by atomic mass is 10.1. The number of amides is 1. The van der Waals surface area contributed by atoms with Crippen LogP contribution in [0.2, 0.25) is 0 Å². The van der Waals surface area contributed by atoms with E-state index in [1.54, 1.807) is 0 Å². The quantitative estimate of drug-likeness (QED) is 0.735. The van der Waals surface area contributed by atoms with Crippen LogP contribution < -0.4 is 5.32 Å². The summed E-state index contributed by atoms with van der Waals surface area (Å²) >= 11 is 0. The number of anilines is 1. The maximum atomic E-state index is 12.1. The fourth-order valence-corrected chi connectivity index (χ4v) is 2.05. The normalized spacial score (nSPS) is 10.6. The summed E-state index contributed by atoms with van der Waals surface area (Å²) in [6.45, 7) is 1.82. The van der Waals surface area contributed by atoms with Crippen molar-refractivity contribution in [3.05, 3.63) is 59.9 Å². The van der Waals surface area contributed by atoms with Crippen molar-refractivity contribution in [2.45, 2.75) is 6.92 Å². The van der Waals surface area contributed by atoms with Gasteiger partial charge in [0, 0.05) is 11.4 Å². The molecule has 0 spiro atoms. The van der Waals surface area contributed by atoms with Crippen LogP contribution in [0.15, 0.2) is 48.7 Å². The van der Waals surface area contributed by atoms with Crippen LogP contribution in [-0.4, -0.2) is 16.1 Å². The summed E-state index contributed by atoms with van der Waals surface area (Å²) in [5.41, 5.74) is 2.11. The minimum absolute atomic E-state index is 0.151. The van der Waals surface area contributed by atoms with Gasteiger partial charge in [-0.2, -0.15) is 5.10 Å². The van der Waals surface area contributed by atoms with E-state index >= 15 is 0 Å². The molecule has 19 heavy (non-hydrogen) atoms. The highest BCUT2D eigenvalue weighted by atomic mass is 16.1. The van der Waals surface area contributed by atoms with Gasteiger partial charge in [0.15, 0.2) is 0 Å². The molecule has 0 saturated carbocycles. The third kappa shape index (κ3) is 2.20. The molecule has 3 rings (SSSR count). The number of aromatic amines is 1. The first-order valence-corrected chi connectivity index (χ1v) is 6.04. The van der Waals surface area contributed by atoms with E-state index in [2.05, 4.69) is 15.5 Å². The van der Waals surface area contributed by atoms with Crippen molar-refractivity contribution in [1.82, 2.24) is 10.2 Å². The van der Waals surface area contributed by atoms with Crippen LogP contribution in [0.3, 0.4) is 0 Å². The highest BCUT2D eigenvalue weighted by Crippen LogP contribution is 2.19. The fraction of sp³-hybridized carbons (Fsp3) is 0.0667. The number of carbonyl (C=O) groups excluding carboxylic acids is 1. The highest BCUT2D eigenvalue weighted by molar-refractivity contribution is 6.05. The Morgan fingerprint density at radius 1 is 1.16 bits per heavy atom. The Balaban J connectivity index is 1.89. The molecule has 1 heterocycles. The molecule has 0 atom stereocenters. The number of H-pyrrole nitrogens is 1. The Morgan fingerprint density at radius 3 is 2.68 bits per heavy atom. The van der Waals surface area contributed by atoms with Crippen LogP contribution in [-0.2, 0) is 0 Å². The molecule has 0 saturated heterocycles. The van der Waals surface area contributed by atoms with Crippen LogP contribution in [0.1, 0.15) is 16.1 Å². The lowest BCUT2D eigenvalue weighted by molar-refractivity contribution is 0.102. The van der Waals surface area contributed by atoms with Crippen LogP contribution >= 0.6 is 0 Å². The van der Waals surface area contributed by atoms with Gasteiger partial charge in [-0.15, -0.1) is 0 Å². The van der Waals surface area contributed by atoms with E-state index in [1.807, 2.05) is 49.4 Å². The molecule has 1 aromatic heterocycles. The Hall–Kier alpha value is -2.62. The van der Waals surface area contributed by atoms with Gasteiger partial charge in [0.2, 0.25) is 0 Å². The summed E-state index contributed by atoms with van der Waals surface area (Å²) in [7, 11) is 0. The number of aryl methyl sites for hydroxylation is 1. The zero-order chi connectivity index (χ0) is 13.2. The zero-order valence-electron chi connectivity index (χ0n) is 10.5. The molecule has 0 fully saturated rings. The second-order valence-corrected chi connectivity index (χ2v) is 4.42. The molecule has 0 bridgehead atoms. The molecule has 0 radical (unpaired) electrons. The van der Waals surface area contributed by atoms with Gasteiger partial charge in [0.25, 0.3) is 5.91 Å². The van der Waals surface area contributed by atoms with Gasteiger partial charge in [0.1, 0.15) is 0 Å². The average Bonchev–Trinajstić information content (AvgIpc) is 2.85. The van der Waals surface area contributed by atoms with Crippen LogP contribution in [0, 0.1) is 6.92 Å². The topological polar surface area (TPSA) is 57.8 Å². The minimum Gasteiger partial charge on any atom is -0.322 e. The lowest BCUT2D eigenvalue weighted by Crippen LogP contribution is -2.12. The molecule has 4 heteroatoms. The van der Waals surface area contributed by atoms with Crippen molar-refractivity contribution in [3.63, 3.8) is 0 Å². The number of hydrogen-bond acceptors (Lipinski definition) is 2. The van der Waals surface area contributed by atoms with Crippen LogP contribution in [0.25, 0.3) is 10.8 Å². The summed E-state index contributed by atoms with van der Waals surface area (Å²) in [5.74, 6) is -0.151. The Bertz CT molecular complexity index is 746. The molecule has 4 nitrogen and oxygen atoms in total. The van der Waals surface area contributed by atoms with Gasteiger partial charge < -0.3 is 5.32 Å². The Morgan fingerprint density at radius 2 is 1.95 bits per heavy atom. The molecule has 94 valence electrons. The van der Waals surface area contributed by atoms with E-state index in [0.29, 0.717) is 5.56 Å². The first-order chi connectivity index (χ1) is 9.24. The van der Waals surface area contributed by atoms with Crippen LogP contribution in [0.5, 0.6) is 0 Å². The summed E-state index contributed by atoms with van der Waals surface area (Å²) in [5, 5.41) is 11.7. The average molecular weight is 251 g/mol. The smallest absolute Gasteiger partial charge is 0.259 e. The Kier molecular flexibility index (Phi) is 2.76.